The van der Waals surface area contributed by atoms with E-state index in [1.54, 1.807) is 37.5 Å². The molecule has 3 rings (SSSR count). The lowest BCUT2D eigenvalue weighted by Gasteiger charge is -2.22. The molecule has 0 unspecified atom stereocenters. The van der Waals surface area contributed by atoms with Crippen molar-refractivity contribution in [2.45, 2.75) is 19.0 Å². The van der Waals surface area contributed by atoms with E-state index in [4.69, 9.17) is 9.68 Å². The highest BCUT2D eigenvalue weighted by Gasteiger charge is 2.22. The molecule has 2 N–H and O–H groups in total. The molecule has 0 aliphatic rings. The first-order chi connectivity index (χ1) is 12.7. The predicted molar refractivity (Wildman–Crippen MR) is 99.4 cm³/mol. The molecule has 5 nitrogen and oxygen atoms in total. The van der Waals surface area contributed by atoms with E-state index < -0.39 is 6.04 Å². The van der Waals surface area contributed by atoms with Gasteiger partial charge in [-0.05, 0) is 48.9 Å². The Labute approximate surface area is 152 Å². The van der Waals surface area contributed by atoms with Crippen LogP contribution in [0, 0.1) is 11.3 Å². The molecule has 1 aromatic heterocycles. The van der Waals surface area contributed by atoms with Crippen molar-refractivity contribution in [2.24, 2.45) is 0 Å². The molecule has 2 atom stereocenters. The second-order valence-electron chi connectivity index (χ2n) is 5.93. The summed E-state index contributed by atoms with van der Waals surface area (Å²) in [5, 5.41) is 15.0. The molecule has 0 aliphatic carbocycles. The maximum atomic E-state index is 12.5. The molecule has 0 saturated heterocycles. The van der Waals surface area contributed by atoms with Crippen LogP contribution in [0.25, 0.3) is 0 Å². The second-order valence-corrected chi connectivity index (χ2v) is 5.93. The second kappa shape index (κ2) is 8.15. The van der Waals surface area contributed by atoms with Crippen LogP contribution in [0.5, 0.6) is 0 Å². The van der Waals surface area contributed by atoms with Crippen LogP contribution in [-0.2, 0) is 4.79 Å². The standard InChI is InChI=1S/C21H19N3O2/c1-15(21(25)24-18-11-9-16(14-22)10-12-18)23-20(19-8-5-13-26-19)17-6-3-2-4-7-17/h2-13,15,20,23H,1H3,(H,24,25)/t15-,20+/m1/s1. The van der Waals surface area contributed by atoms with Crippen molar-refractivity contribution in [1.29, 1.82) is 5.26 Å². The van der Waals surface area contributed by atoms with Gasteiger partial charge in [-0.1, -0.05) is 30.3 Å². The number of amides is 1. The number of furan rings is 1. The van der Waals surface area contributed by atoms with Crippen molar-refractivity contribution < 1.29 is 9.21 Å². The molecule has 0 radical (unpaired) electrons. The van der Waals surface area contributed by atoms with Crippen LogP contribution in [0.4, 0.5) is 5.69 Å². The Morgan fingerprint density at radius 2 is 1.77 bits per heavy atom. The molecule has 2 aromatic carbocycles. The first kappa shape index (κ1) is 17.5. The monoisotopic (exact) mass is 345 g/mol. The summed E-state index contributed by atoms with van der Waals surface area (Å²) >= 11 is 0. The average Bonchev–Trinajstić information content (AvgIpc) is 3.21. The summed E-state index contributed by atoms with van der Waals surface area (Å²) in [5.41, 5.74) is 2.22. The predicted octanol–water partition coefficient (Wildman–Crippen LogP) is 3.86. The van der Waals surface area contributed by atoms with Gasteiger partial charge in [0.25, 0.3) is 0 Å². The first-order valence-corrected chi connectivity index (χ1v) is 8.33. The molecule has 0 spiro atoms. The third-order valence-electron chi connectivity index (χ3n) is 4.05. The summed E-state index contributed by atoms with van der Waals surface area (Å²) in [6.07, 6.45) is 1.62. The van der Waals surface area contributed by atoms with Crippen LogP contribution in [0.3, 0.4) is 0 Å². The Morgan fingerprint density at radius 1 is 1.04 bits per heavy atom. The zero-order valence-corrected chi connectivity index (χ0v) is 14.3. The van der Waals surface area contributed by atoms with Gasteiger partial charge in [0.1, 0.15) is 5.76 Å². The number of carbonyl (C=O) groups is 1. The minimum absolute atomic E-state index is 0.165. The Bertz CT molecular complexity index is 881. The largest absolute Gasteiger partial charge is 0.467 e. The van der Waals surface area contributed by atoms with Gasteiger partial charge in [-0.2, -0.15) is 5.26 Å². The molecule has 0 fully saturated rings. The smallest absolute Gasteiger partial charge is 0.241 e. The van der Waals surface area contributed by atoms with E-state index in [-0.39, 0.29) is 11.9 Å². The van der Waals surface area contributed by atoms with E-state index in [1.165, 1.54) is 0 Å². The number of benzene rings is 2. The van der Waals surface area contributed by atoms with Crippen LogP contribution >= 0.6 is 0 Å². The minimum Gasteiger partial charge on any atom is -0.467 e. The van der Waals surface area contributed by atoms with E-state index >= 15 is 0 Å². The van der Waals surface area contributed by atoms with E-state index in [1.807, 2.05) is 42.5 Å². The molecule has 3 aromatic rings. The zero-order valence-electron chi connectivity index (χ0n) is 14.3. The molecule has 130 valence electrons. The van der Waals surface area contributed by atoms with Crippen molar-refractivity contribution in [1.82, 2.24) is 5.32 Å². The van der Waals surface area contributed by atoms with Crippen LogP contribution in [-0.4, -0.2) is 11.9 Å². The summed E-state index contributed by atoms with van der Waals surface area (Å²) in [7, 11) is 0. The average molecular weight is 345 g/mol. The van der Waals surface area contributed by atoms with E-state index in [0.717, 1.165) is 11.3 Å². The van der Waals surface area contributed by atoms with Gasteiger partial charge in [-0.15, -0.1) is 0 Å². The summed E-state index contributed by atoms with van der Waals surface area (Å²) < 4.78 is 5.55. The fourth-order valence-corrected chi connectivity index (χ4v) is 2.65. The molecular formula is C21H19N3O2. The zero-order chi connectivity index (χ0) is 18.4. The normalized spacial score (nSPS) is 12.8. The van der Waals surface area contributed by atoms with Crippen LogP contribution < -0.4 is 10.6 Å². The van der Waals surface area contributed by atoms with Crippen LogP contribution in [0.15, 0.2) is 77.4 Å². The number of nitriles is 1. The Balaban J connectivity index is 1.72. The quantitative estimate of drug-likeness (QED) is 0.711. The topological polar surface area (TPSA) is 78.1 Å². The van der Waals surface area contributed by atoms with Gasteiger partial charge in [0.05, 0.1) is 30.0 Å². The number of nitrogens with zero attached hydrogens (tertiary/aromatic N) is 1. The number of hydrogen-bond acceptors (Lipinski definition) is 4. The molecule has 5 heteroatoms. The lowest BCUT2D eigenvalue weighted by molar-refractivity contribution is -0.117. The first-order valence-electron chi connectivity index (χ1n) is 8.33. The molecule has 1 amide bonds. The SMILES string of the molecule is C[C@@H](N[C@@H](c1ccccc1)c1ccco1)C(=O)Nc1ccc(C#N)cc1. The molecule has 0 saturated carbocycles. The fourth-order valence-electron chi connectivity index (χ4n) is 2.65. The maximum absolute atomic E-state index is 12.5. The number of anilines is 1. The van der Waals surface area contributed by atoms with Gasteiger partial charge in [-0.25, -0.2) is 0 Å². The summed E-state index contributed by atoms with van der Waals surface area (Å²) in [6.45, 7) is 1.80. The molecule has 0 bridgehead atoms. The van der Waals surface area contributed by atoms with Crippen molar-refractivity contribution in [3.63, 3.8) is 0 Å². The van der Waals surface area contributed by atoms with Crippen molar-refractivity contribution in [3.8, 4) is 6.07 Å². The van der Waals surface area contributed by atoms with Gasteiger partial charge in [0.2, 0.25) is 5.91 Å². The lowest BCUT2D eigenvalue weighted by atomic mass is 10.0. The lowest BCUT2D eigenvalue weighted by Crippen LogP contribution is -2.40. The summed E-state index contributed by atoms with van der Waals surface area (Å²) in [6, 6.07) is 21.7. The van der Waals surface area contributed by atoms with Gasteiger partial charge in [-0.3, -0.25) is 10.1 Å². The molecule has 26 heavy (non-hydrogen) atoms. The van der Waals surface area contributed by atoms with Crippen LogP contribution in [0.2, 0.25) is 0 Å². The third-order valence-corrected chi connectivity index (χ3v) is 4.05. The van der Waals surface area contributed by atoms with Gasteiger partial charge >= 0.3 is 0 Å². The van der Waals surface area contributed by atoms with E-state index in [0.29, 0.717) is 11.3 Å². The Kier molecular flexibility index (Phi) is 5.47. The highest BCUT2D eigenvalue weighted by Crippen LogP contribution is 2.23. The Morgan fingerprint density at radius 3 is 2.38 bits per heavy atom. The number of carbonyl (C=O) groups excluding carboxylic acids is 1. The minimum atomic E-state index is -0.457. The highest BCUT2D eigenvalue weighted by molar-refractivity contribution is 5.94. The van der Waals surface area contributed by atoms with Crippen molar-refractivity contribution >= 4 is 11.6 Å². The van der Waals surface area contributed by atoms with Crippen LogP contribution in [0.1, 0.15) is 29.9 Å². The number of hydrogen-bond donors (Lipinski definition) is 2. The number of nitrogens with one attached hydrogen (secondary N) is 2. The highest BCUT2D eigenvalue weighted by atomic mass is 16.3. The molecule has 0 aliphatic heterocycles. The van der Waals surface area contributed by atoms with E-state index in [9.17, 15) is 4.79 Å². The van der Waals surface area contributed by atoms with E-state index in [2.05, 4.69) is 16.7 Å². The maximum Gasteiger partial charge on any atom is 0.241 e. The van der Waals surface area contributed by atoms with Gasteiger partial charge in [0, 0.05) is 5.69 Å². The number of rotatable bonds is 6. The summed E-state index contributed by atoms with van der Waals surface area (Å²) in [4.78, 5) is 12.5. The van der Waals surface area contributed by atoms with Crippen molar-refractivity contribution in [3.05, 3.63) is 89.9 Å². The Hall–Kier alpha value is -3.36. The van der Waals surface area contributed by atoms with Crippen molar-refractivity contribution in [2.75, 3.05) is 5.32 Å². The third kappa shape index (κ3) is 4.18. The van der Waals surface area contributed by atoms with Gasteiger partial charge in [0.15, 0.2) is 0 Å². The van der Waals surface area contributed by atoms with Gasteiger partial charge < -0.3 is 9.73 Å². The molecular weight excluding hydrogens is 326 g/mol. The fraction of sp³-hybridized carbons (Fsp3) is 0.143. The summed E-state index contributed by atoms with van der Waals surface area (Å²) in [5.74, 6) is 0.580. The molecule has 1 heterocycles.